The molecule has 0 spiro atoms. The summed E-state index contributed by atoms with van der Waals surface area (Å²) in [7, 11) is 0. The molecule has 1 unspecified atom stereocenters. The molecule has 1 amide bonds. The van der Waals surface area contributed by atoms with Gasteiger partial charge in [-0.3, -0.25) is 4.79 Å². The van der Waals surface area contributed by atoms with Crippen molar-refractivity contribution in [3.05, 3.63) is 35.9 Å². The number of hydrogen-bond donors (Lipinski definition) is 3. The summed E-state index contributed by atoms with van der Waals surface area (Å²) in [5, 5.41) is 23.7. The van der Waals surface area contributed by atoms with E-state index < -0.39 is 5.60 Å². The summed E-state index contributed by atoms with van der Waals surface area (Å²) in [5.41, 5.74) is -0.281. The molecule has 0 saturated heterocycles. The molecule has 1 saturated carbocycles. The molecule has 4 nitrogen and oxygen atoms in total. The van der Waals surface area contributed by atoms with Crippen LogP contribution in [0.4, 0.5) is 0 Å². The third-order valence-electron chi connectivity index (χ3n) is 5.32. The normalized spacial score (nSPS) is 28.6. The number of carbonyl (C=O) groups excluding carboxylic acids is 1. The highest BCUT2D eigenvalue weighted by Crippen LogP contribution is 2.41. The van der Waals surface area contributed by atoms with E-state index in [0.29, 0.717) is 18.8 Å². The Kier molecular flexibility index (Phi) is 6.41. The number of aliphatic hydroxyl groups excluding tert-OH is 1. The Morgan fingerprint density at radius 1 is 1.29 bits per heavy atom. The van der Waals surface area contributed by atoms with E-state index in [1.807, 2.05) is 30.3 Å². The van der Waals surface area contributed by atoms with Crippen LogP contribution in [0.15, 0.2) is 30.3 Å². The molecule has 0 heterocycles. The lowest BCUT2D eigenvalue weighted by atomic mass is 9.66. The van der Waals surface area contributed by atoms with Gasteiger partial charge in [0.15, 0.2) is 0 Å². The topological polar surface area (TPSA) is 69.6 Å². The Morgan fingerprint density at radius 3 is 2.54 bits per heavy atom. The van der Waals surface area contributed by atoms with Crippen LogP contribution in [0.1, 0.15) is 45.6 Å². The molecule has 1 aromatic carbocycles. The van der Waals surface area contributed by atoms with E-state index in [-0.39, 0.29) is 30.4 Å². The lowest BCUT2D eigenvalue weighted by Crippen LogP contribution is -2.58. The Labute approximate surface area is 145 Å². The van der Waals surface area contributed by atoms with Crippen LogP contribution in [0.25, 0.3) is 0 Å². The minimum atomic E-state index is -1.34. The molecule has 24 heavy (non-hydrogen) atoms. The Morgan fingerprint density at radius 2 is 1.96 bits per heavy atom. The average molecular weight is 333 g/mol. The molecule has 134 valence electrons. The van der Waals surface area contributed by atoms with Crippen LogP contribution in [-0.4, -0.2) is 34.4 Å². The maximum absolute atomic E-state index is 12.9. The Balaban J connectivity index is 2.09. The molecule has 0 bridgehead atoms. The molecule has 4 heteroatoms. The van der Waals surface area contributed by atoms with Crippen molar-refractivity contribution in [1.29, 1.82) is 0 Å². The van der Waals surface area contributed by atoms with E-state index in [1.165, 1.54) is 0 Å². The zero-order valence-corrected chi connectivity index (χ0v) is 15.0. The van der Waals surface area contributed by atoms with Gasteiger partial charge in [0, 0.05) is 0 Å². The molecule has 3 N–H and O–H groups in total. The number of rotatable bonds is 6. The minimum absolute atomic E-state index is 0.0373. The van der Waals surface area contributed by atoms with Crippen LogP contribution >= 0.6 is 0 Å². The monoisotopic (exact) mass is 333 g/mol. The van der Waals surface area contributed by atoms with Gasteiger partial charge in [0.05, 0.1) is 12.6 Å². The van der Waals surface area contributed by atoms with Crippen LogP contribution in [-0.2, 0) is 11.2 Å². The van der Waals surface area contributed by atoms with Gasteiger partial charge in [0.2, 0.25) is 0 Å². The van der Waals surface area contributed by atoms with Gasteiger partial charge in [0.25, 0.3) is 5.91 Å². The van der Waals surface area contributed by atoms with Crippen molar-refractivity contribution in [1.82, 2.24) is 5.32 Å². The zero-order valence-electron chi connectivity index (χ0n) is 15.0. The van der Waals surface area contributed by atoms with Crippen molar-refractivity contribution >= 4 is 5.91 Å². The first kappa shape index (κ1) is 18.9. The second kappa shape index (κ2) is 8.13. The van der Waals surface area contributed by atoms with Gasteiger partial charge in [-0.15, -0.1) is 0 Å². The van der Waals surface area contributed by atoms with E-state index >= 15 is 0 Å². The van der Waals surface area contributed by atoms with Gasteiger partial charge >= 0.3 is 0 Å². The largest absolute Gasteiger partial charge is 0.394 e. The first-order valence-corrected chi connectivity index (χ1v) is 9.05. The van der Waals surface area contributed by atoms with Crippen molar-refractivity contribution in [3.8, 4) is 0 Å². The van der Waals surface area contributed by atoms with Crippen molar-refractivity contribution in [2.24, 2.45) is 17.8 Å². The van der Waals surface area contributed by atoms with E-state index in [0.717, 1.165) is 18.4 Å². The van der Waals surface area contributed by atoms with Crippen molar-refractivity contribution in [2.75, 3.05) is 6.61 Å². The molecule has 4 atom stereocenters. The van der Waals surface area contributed by atoms with E-state index in [1.54, 1.807) is 0 Å². The maximum atomic E-state index is 12.9. The highest BCUT2D eigenvalue weighted by Gasteiger charge is 2.48. The highest BCUT2D eigenvalue weighted by molar-refractivity contribution is 5.85. The van der Waals surface area contributed by atoms with E-state index in [2.05, 4.69) is 26.1 Å². The quantitative estimate of drug-likeness (QED) is 0.749. The predicted molar refractivity (Wildman–Crippen MR) is 95.5 cm³/mol. The minimum Gasteiger partial charge on any atom is -0.394 e. The van der Waals surface area contributed by atoms with Gasteiger partial charge in [0.1, 0.15) is 5.60 Å². The predicted octanol–water partition coefficient (Wildman–Crippen LogP) is 2.53. The SMILES string of the molecule is CC(C)[C@@H]1CC[C@@H](C)C[C@@]1(O)C(=O)NC(CO)Cc1ccccc1. The number of hydrogen-bond acceptors (Lipinski definition) is 3. The van der Waals surface area contributed by atoms with E-state index in [4.69, 9.17) is 0 Å². The third kappa shape index (κ3) is 4.37. The lowest BCUT2D eigenvalue weighted by molar-refractivity contribution is -0.156. The number of carbonyl (C=O) groups is 1. The smallest absolute Gasteiger partial charge is 0.252 e. The number of amides is 1. The molecule has 1 fully saturated rings. The number of aliphatic hydroxyl groups is 2. The van der Waals surface area contributed by atoms with Crippen LogP contribution in [0.2, 0.25) is 0 Å². The van der Waals surface area contributed by atoms with Crippen molar-refractivity contribution in [2.45, 2.75) is 58.1 Å². The molecule has 0 radical (unpaired) electrons. The first-order valence-electron chi connectivity index (χ1n) is 9.05. The van der Waals surface area contributed by atoms with Gasteiger partial charge in [-0.2, -0.15) is 0 Å². The fourth-order valence-corrected chi connectivity index (χ4v) is 4.00. The second-order valence-electron chi connectivity index (χ2n) is 7.70. The van der Waals surface area contributed by atoms with Crippen molar-refractivity contribution < 1.29 is 15.0 Å². The van der Waals surface area contributed by atoms with Crippen LogP contribution in [0.5, 0.6) is 0 Å². The Hall–Kier alpha value is -1.39. The molecule has 1 aromatic rings. The second-order valence-corrected chi connectivity index (χ2v) is 7.70. The summed E-state index contributed by atoms with van der Waals surface area (Å²) in [6, 6.07) is 9.39. The fraction of sp³-hybridized carbons (Fsp3) is 0.650. The van der Waals surface area contributed by atoms with Crippen LogP contribution in [0.3, 0.4) is 0 Å². The third-order valence-corrected chi connectivity index (χ3v) is 5.32. The summed E-state index contributed by atoms with van der Waals surface area (Å²) < 4.78 is 0. The average Bonchev–Trinajstić information content (AvgIpc) is 2.54. The maximum Gasteiger partial charge on any atom is 0.252 e. The molecule has 0 aromatic heterocycles. The number of benzene rings is 1. The lowest BCUT2D eigenvalue weighted by Gasteiger charge is -2.43. The molecule has 2 rings (SSSR count). The van der Waals surface area contributed by atoms with E-state index in [9.17, 15) is 15.0 Å². The first-order chi connectivity index (χ1) is 11.4. The standard InChI is InChI=1S/C20H31NO3/c1-14(2)18-10-9-15(3)12-20(18,24)19(23)21-17(13-22)11-16-7-5-4-6-8-16/h4-8,14-15,17-18,22,24H,9-13H2,1-3H3,(H,21,23)/t15-,17?,18+,20+/m1/s1. The zero-order chi connectivity index (χ0) is 17.7. The van der Waals surface area contributed by atoms with Gasteiger partial charge in [-0.05, 0) is 42.6 Å². The highest BCUT2D eigenvalue weighted by atomic mass is 16.3. The molecular formula is C20H31NO3. The summed E-state index contributed by atoms with van der Waals surface area (Å²) in [6.07, 6.45) is 2.96. The summed E-state index contributed by atoms with van der Waals surface area (Å²) in [5.74, 6) is 0.208. The summed E-state index contributed by atoms with van der Waals surface area (Å²) >= 11 is 0. The fourth-order valence-electron chi connectivity index (χ4n) is 4.00. The molecular weight excluding hydrogens is 302 g/mol. The van der Waals surface area contributed by atoms with Gasteiger partial charge in [-0.25, -0.2) is 0 Å². The summed E-state index contributed by atoms with van der Waals surface area (Å²) in [6.45, 7) is 6.07. The molecule has 1 aliphatic carbocycles. The molecule has 1 aliphatic rings. The number of nitrogens with one attached hydrogen (secondary N) is 1. The van der Waals surface area contributed by atoms with Crippen LogP contribution in [0, 0.1) is 17.8 Å². The van der Waals surface area contributed by atoms with Crippen LogP contribution < -0.4 is 5.32 Å². The summed E-state index contributed by atoms with van der Waals surface area (Å²) in [4.78, 5) is 12.9. The van der Waals surface area contributed by atoms with Crippen molar-refractivity contribution in [3.63, 3.8) is 0 Å². The molecule has 0 aliphatic heterocycles. The van der Waals surface area contributed by atoms with Gasteiger partial charge < -0.3 is 15.5 Å². The Bertz CT molecular complexity index is 531. The van der Waals surface area contributed by atoms with Gasteiger partial charge in [-0.1, -0.05) is 57.5 Å².